The maximum Gasteiger partial charge on any atom is 0.120 e. The van der Waals surface area contributed by atoms with Crippen LogP contribution < -0.4 is 5.73 Å². The molecule has 0 aromatic heterocycles. The molecule has 1 aliphatic carbocycles. The minimum Gasteiger partial charge on any atom is -0.508 e. The van der Waals surface area contributed by atoms with Crippen molar-refractivity contribution in [3.8, 4) is 5.75 Å². The molecular weight excluding hydrogens is 212 g/mol. The highest BCUT2D eigenvalue weighted by atomic mass is 16.3. The van der Waals surface area contributed by atoms with E-state index >= 15 is 0 Å². The summed E-state index contributed by atoms with van der Waals surface area (Å²) in [5, 5.41) is 9.98. The van der Waals surface area contributed by atoms with Crippen LogP contribution >= 0.6 is 0 Å². The van der Waals surface area contributed by atoms with Crippen molar-refractivity contribution in [2.45, 2.75) is 25.3 Å². The summed E-state index contributed by atoms with van der Waals surface area (Å²) in [6.07, 6.45) is 3.31. The van der Waals surface area contributed by atoms with Crippen molar-refractivity contribution < 1.29 is 5.11 Å². The van der Waals surface area contributed by atoms with Crippen molar-refractivity contribution in [2.75, 3.05) is 20.1 Å². The van der Waals surface area contributed by atoms with E-state index in [4.69, 9.17) is 5.73 Å². The number of phenolic OH excluding ortho intramolecular Hbond substituents is 1. The lowest BCUT2D eigenvalue weighted by Gasteiger charge is -2.41. The number of piperidine rings is 1. The molecule has 0 amide bonds. The van der Waals surface area contributed by atoms with Gasteiger partial charge in [-0.2, -0.15) is 0 Å². The SMILES string of the molecule is CN1CCC2(CC1)Cc1cccc(O)c1C2N. The van der Waals surface area contributed by atoms with E-state index in [1.165, 1.54) is 5.56 Å². The lowest BCUT2D eigenvalue weighted by atomic mass is 9.73. The van der Waals surface area contributed by atoms with E-state index in [2.05, 4.69) is 18.0 Å². The first-order valence-corrected chi connectivity index (χ1v) is 6.37. The summed E-state index contributed by atoms with van der Waals surface area (Å²) in [4.78, 5) is 2.36. The second-order valence-electron chi connectivity index (χ2n) is 5.67. The van der Waals surface area contributed by atoms with Gasteiger partial charge in [0.15, 0.2) is 0 Å². The maximum absolute atomic E-state index is 9.98. The Kier molecular flexibility index (Phi) is 2.42. The van der Waals surface area contributed by atoms with Crippen LogP contribution in [0.3, 0.4) is 0 Å². The molecule has 1 aromatic carbocycles. The summed E-state index contributed by atoms with van der Waals surface area (Å²) >= 11 is 0. The largest absolute Gasteiger partial charge is 0.508 e. The first-order valence-electron chi connectivity index (χ1n) is 6.37. The molecule has 0 bridgehead atoms. The van der Waals surface area contributed by atoms with E-state index in [9.17, 15) is 5.11 Å². The Hall–Kier alpha value is -1.06. The number of benzene rings is 1. The quantitative estimate of drug-likeness (QED) is 0.715. The number of hydrogen-bond donors (Lipinski definition) is 2. The highest BCUT2D eigenvalue weighted by Crippen LogP contribution is 2.52. The molecule has 1 saturated heterocycles. The third-order valence-corrected chi connectivity index (χ3v) is 4.67. The molecule has 3 rings (SSSR count). The third-order valence-electron chi connectivity index (χ3n) is 4.67. The summed E-state index contributed by atoms with van der Waals surface area (Å²) in [6, 6.07) is 5.80. The predicted molar refractivity (Wildman–Crippen MR) is 67.9 cm³/mol. The van der Waals surface area contributed by atoms with Gasteiger partial charge in [-0.25, -0.2) is 0 Å². The van der Waals surface area contributed by atoms with Crippen LogP contribution in [0.2, 0.25) is 0 Å². The van der Waals surface area contributed by atoms with Crippen molar-refractivity contribution in [3.05, 3.63) is 29.3 Å². The zero-order valence-corrected chi connectivity index (χ0v) is 10.3. The van der Waals surface area contributed by atoms with Crippen LogP contribution in [0.4, 0.5) is 0 Å². The molecule has 3 nitrogen and oxygen atoms in total. The summed E-state index contributed by atoms with van der Waals surface area (Å²) in [5.74, 6) is 0.380. The Morgan fingerprint density at radius 1 is 1.35 bits per heavy atom. The average Bonchev–Trinajstić information content (AvgIpc) is 2.58. The van der Waals surface area contributed by atoms with Gasteiger partial charge in [0.05, 0.1) is 0 Å². The van der Waals surface area contributed by atoms with E-state index in [1.54, 1.807) is 6.07 Å². The second-order valence-corrected chi connectivity index (χ2v) is 5.67. The average molecular weight is 232 g/mol. The summed E-state index contributed by atoms with van der Waals surface area (Å²) in [5.41, 5.74) is 8.86. The van der Waals surface area contributed by atoms with Crippen LogP contribution in [0.25, 0.3) is 0 Å². The van der Waals surface area contributed by atoms with E-state index in [1.807, 2.05) is 6.07 Å². The molecule has 1 unspecified atom stereocenters. The fourth-order valence-electron chi connectivity index (χ4n) is 3.46. The molecule has 1 atom stereocenters. The number of phenols is 1. The van der Waals surface area contributed by atoms with Gasteiger partial charge in [-0.05, 0) is 56.4 Å². The van der Waals surface area contributed by atoms with Crippen molar-refractivity contribution >= 4 is 0 Å². The standard InChI is InChI=1S/C14H20N2O/c1-16-7-5-14(6-8-16)9-10-3-2-4-11(17)12(10)13(14)15/h2-4,13,17H,5-9,15H2,1H3. The number of rotatable bonds is 0. The van der Waals surface area contributed by atoms with Gasteiger partial charge in [0, 0.05) is 11.6 Å². The summed E-state index contributed by atoms with van der Waals surface area (Å²) in [7, 11) is 2.16. The van der Waals surface area contributed by atoms with Gasteiger partial charge in [0.1, 0.15) is 5.75 Å². The predicted octanol–water partition coefficient (Wildman–Crippen LogP) is 1.66. The third kappa shape index (κ3) is 1.57. The molecule has 1 heterocycles. The van der Waals surface area contributed by atoms with Crippen LogP contribution in [0, 0.1) is 5.41 Å². The van der Waals surface area contributed by atoms with Crippen LogP contribution in [-0.2, 0) is 6.42 Å². The summed E-state index contributed by atoms with van der Waals surface area (Å²) < 4.78 is 0. The lowest BCUT2D eigenvalue weighted by molar-refractivity contribution is 0.105. The highest BCUT2D eigenvalue weighted by molar-refractivity contribution is 5.47. The normalized spacial score (nSPS) is 27.3. The zero-order chi connectivity index (χ0) is 12.0. The minimum absolute atomic E-state index is 0.00685. The smallest absolute Gasteiger partial charge is 0.120 e. The Balaban J connectivity index is 1.96. The van der Waals surface area contributed by atoms with Gasteiger partial charge in [0.2, 0.25) is 0 Å². The lowest BCUT2D eigenvalue weighted by Crippen LogP contribution is -2.42. The monoisotopic (exact) mass is 232 g/mol. The molecule has 1 aliphatic heterocycles. The maximum atomic E-state index is 9.98. The van der Waals surface area contributed by atoms with Gasteiger partial charge in [-0.15, -0.1) is 0 Å². The number of aromatic hydroxyl groups is 1. The van der Waals surface area contributed by atoms with Crippen LogP contribution in [0.1, 0.15) is 30.0 Å². The van der Waals surface area contributed by atoms with Crippen molar-refractivity contribution in [1.29, 1.82) is 0 Å². The van der Waals surface area contributed by atoms with Crippen LogP contribution in [0.15, 0.2) is 18.2 Å². The Labute approximate surface area is 102 Å². The number of hydrogen-bond acceptors (Lipinski definition) is 3. The van der Waals surface area contributed by atoms with Gasteiger partial charge >= 0.3 is 0 Å². The molecule has 1 fully saturated rings. The Morgan fingerprint density at radius 3 is 2.71 bits per heavy atom. The molecule has 2 aliphatic rings. The first kappa shape index (κ1) is 11.1. The number of nitrogens with zero attached hydrogens (tertiary/aromatic N) is 1. The molecular formula is C14H20N2O. The topological polar surface area (TPSA) is 49.5 Å². The summed E-state index contributed by atoms with van der Waals surface area (Å²) in [6.45, 7) is 2.23. The van der Waals surface area contributed by atoms with Gasteiger partial charge in [-0.3, -0.25) is 0 Å². The van der Waals surface area contributed by atoms with E-state index < -0.39 is 0 Å². The zero-order valence-electron chi connectivity index (χ0n) is 10.3. The molecule has 1 aromatic rings. The van der Waals surface area contributed by atoms with Gasteiger partial charge in [0.25, 0.3) is 0 Å². The fraction of sp³-hybridized carbons (Fsp3) is 0.571. The van der Waals surface area contributed by atoms with E-state index in [0.717, 1.165) is 37.9 Å². The molecule has 3 N–H and O–H groups in total. The molecule has 92 valence electrons. The number of likely N-dealkylation sites (tertiary alicyclic amines) is 1. The van der Waals surface area contributed by atoms with E-state index in [0.29, 0.717) is 5.75 Å². The Morgan fingerprint density at radius 2 is 2.06 bits per heavy atom. The van der Waals surface area contributed by atoms with E-state index in [-0.39, 0.29) is 11.5 Å². The number of nitrogens with two attached hydrogens (primary N) is 1. The van der Waals surface area contributed by atoms with Crippen LogP contribution in [-0.4, -0.2) is 30.1 Å². The van der Waals surface area contributed by atoms with Crippen molar-refractivity contribution in [1.82, 2.24) is 4.90 Å². The molecule has 3 heteroatoms. The van der Waals surface area contributed by atoms with Gasteiger partial charge in [-0.1, -0.05) is 12.1 Å². The minimum atomic E-state index is 0.00685. The molecule has 17 heavy (non-hydrogen) atoms. The molecule has 0 saturated carbocycles. The fourth-order valence-corrected chi connectivity index (χ4v) is 3.46. The van der Waals surface area contributed by atoms with Crippen molar-refractivity contribution in [2.24, 2.45) is 11.1 Å². The molecule has 1 spiro atoms. The van der Waals surface area contributed by atoms with Gasteiger partial charge < -0.3 is 15.7 Å². The Bertz CT molecular complexity index is 436. The van der Waals surface area contributed by atoms with Crippen molar-refractivity contribution in [3.63, 3.8) is 0 Å². The number of fused-ring (bicyclic) bond motifs is 1. The second kappa shape index (κ2) is 3.72. The van der Waals surface area contributed by atoms with Crippen LogP contribution in [0.5, 0.6) is 5.75 Å². The first-order chi connectivity index (χ1) is 8.12. The highest BCUT2D eigenvalue weighted by Gasteiger charge is 2.46. The molecule has 0 radical (unpaired) electrons.